The van der Waals surface area contributed by atoms with Crippen LogP contribution in [-0.4, -0.2) is 23.1 Å². The van der Waals surface area contributed by atoms with E-state index in [-0.39, 0.29) is 18.5 Å². The highest BCUT2D eigenvalue weighted by molar-refractivity contribution is 5.69. The van der Waals surface area contributed by atoms with Gasteiger partial charge in [-0.15, -0.1) is 0 Å². The Bertz CT molecular complexity index is 704. The molecule has 0 aliphatic heterocycles. The lowest BCUT2D eigenvalue weighted by molar-refractivity contribution is -0.147. The molecule has 41 heavy (non-hydrogen) atoms. The smallest absolute Gasteiger partial charge is 0.306 e. The quantitative estimate of drug-likeness (QED) is 0.0528. The molecule has 4 nitrogen and oxygen atoms in total. The Kier molecular flexibility index (Phi) is 30.8. The van der Waals surface area contributed by atoms with Crippen LogP contribution in [0.2, 0.25) is 0 Å². The van der Waals surface area contributed by atoms with E-state index in [2.05, 4.69) is 62.5 Å². The molecule has 0 heterocycles. The maximum atomic E-state index is 12.5. The lowest BCUT2D eigenvalue weighted by Gasteiger charge is -2.14. The first kappa shape index (κ1) is 38.9. The molecule has 1 atom stereocenters. The van der Waals surface area contributed by atoms with E-state index in [9.17, 15) is 9.59 Å². The maximum absolute atomic E-state index is 12.5. The number of carboxylic acid groups (broad SMARTS) is 1. The third-order valence-electron chi connectivity index (χ3n) is 7.30. The molecule has 0 spiro atoms. The minimum atomic E-state index is -0.718. The Morgan fingerprint density at radius 3 is 1.51 bits per heavy atom. The Hall–Kier alpha value is -2.10. The van der Waals surface area contributed by atoms with Crippen LogP contribution in [0.4, 0.5) is 0 Å². The molecule has 0 rings (SSSR count). The molecule has 0 bridgehead atoms. The van der Waals surface area contributed by atoms with E-state index >= 15 is 0 Å². The monoisotopic (exact) mass is 572 g/mol. The summed E-state index contributed by atoms with van der Waals surface area (Å²) < 4.78 is 5.86. The predicted molar refractivity (Wildman–Crippen MR) is 176 cm³/mol. The lowest BCUT2D eigenvalue weighted by Crippen LogP contribution is -2.16. The van der Waals surface area contributed by atoms with Gasteiger partial charge in [0.05, 0.1) is 0 Å². The van der Waals surface area contributed by atoms with Crippen LogP contribution in [0.15, 0.2) is 48.6 Å². The second kappa shape index (κ2) is 32.4. The standard InChI is InChI=1S/C37H64O4/c1-3-5-7-9-11-13-15-17-19-21-26-30-34-37(40)41-35(32-28-24-22-25-29-33-36(38)39)31-27-23-20-18-16-14-12-10-8-6-4-2/h6,8,12,14,18,20,27,31,35H,3-5,7,9-11,13,15-17,19,21-26,28-30,32-34H2,1-2H3,(H,38,39)/b8-6-,14-12-,20-18-,31-27-. The Labute approximate surface area is 253 Å². The van der Waals surface area contributed by atoms with Crippen molar-refractivity contribution in [2.24, 2.45) is 0 Å². The van der Waals surface area contributed by atoms with Gasteiger partial charge in [-0.25, -0.2) is 0 Å². The topological polar surface area (TPSA) is 63.6 Å². The zero-order valence-corrected chi connectivity index (χ0v) is 26.8. The minimum absolute atomic E-state index is 0.0778. The van der Waals surface area contributed by atoms with Gasteiger partial charge in [0.1, 0.15) is 6.10 Å². The molecule has 0 aliphatic carbocycles. The van der Waals surface area contributed by atoms with E-state index in [0.29, 0.717) is 6.42 Å². The van der Waals surface area contributed by atoms with E-state index in [1.165, 1.54) is 64.2 Å². The summed E-state index contributed by atoms with van der Waals surface area (Å²) >= 11 is 0. The van der Waals surface area contributed by atoms with E-state index in [1.54, 1.807) is 0 Å². The summed E-state index contributed by atoms with van der Waals surface area (Å²) in [5, 5.41) is 8.77. The van der Waals surface area contributed by atoms with Gasteiger partial charge in [0.2, 0.25) is 0 Å². The third-order valence-corrected chi connectivity index (χ3v) is 7.30. The number of aliphatic carboxylic acids is 1. The van der Waals surface area contributed by atoms with Crippen molar-refractivity contribution < 1.29 is 19.4 Å². The first-order valence-corrected chi connectivity index (χ1v) is 17.1. The normalized spacial score (nSPS) is 12.8. The van der Waals surface area contributed by atoms with Crippen LogP contribution >= 0.6 is 0 Å². The highest BCUT2D eigenvalue weighted by Crippen LogP contribution is 2.15. The molecule has 4 heteroatoms. The molecule has 0 saturated carbocycles. The average Bonchev–Trinajstić information content (AvgIpc) is 2.95. The highest BCUT2D eigenvalue weighted by atomic mass is 16.5. The van der Waals surface area contributed by atoms with Crippen LogP contribution in [0.25, 0.3) is 0 Å². The largest absolute Gasteiger partial charge is 0.481 e. The Morgan fingerprint density at radius 1 is 0.561 bits per heavy atom. The summed E-state index contributed by atoms with van der Waals surface area (Å²) in [5.74, 6) is -0.796. The summed E-state index contributed by atoms with van der Waals surface area (Å²) in [5.41, 5.74) is 0. The second-order valence-electron chi connectivity index (χ2n) is 11.3. The summed E-state index contributed by atoms with van der Waals surface area (Å²) in [7, 11) is 0. The number of hydrogen-bond donors (Lipinski definition) is 1. The van der Waals surface area contributed by atoms with Gasteiger partial charge < -0.3 is 9.84 Å². The summed E-state index contributed by atoms with van der Waals surface area (Å²) in [6, 6.07) is 0. The van der Waals surface area contributed by atoms with Crippen molar-refractivity contribution in [3.8, 4) is 0 Å². The van der Waals surface area contributed by atoms with Crippen molar-refractivity contribution in [2.45, 2.75) is 174 Å². The van der Waals surface area contributed by atoms with Gasteiger partial charge in [0, 0.05) is 12.8 Å². The fraction of sp³-hybridized carbons (Fsp3) is 0.730. The summed E-state index contributed by atoms with van der Waals surface area (Å²) in [4.78, 5) is 23.2. The number of allylic oxidation sites excluding steroid dienone is 7. The predicted octanol–water partition coefficient (Wildman–Crippen LogP) is 11.6. The van der Waals surface area contributed by atoms with E-state index < -0.39 is 5.97 Å². The number of rotatable bonds is 30. The molecular formula is C37H64O4. The number of carboxylic acids is 1. The number of hydrogen-bond acceptors (Lipinski definition) is 3. The van der Waals surface area contributed by atoms with Gasteiger partial charge in [-0.05, 0) is 57.4 Å². The van der Waals surface area contributed by atoms with Crippen molar-refractivity contribution in [2.75, 3.05) is 0 Å². The SMILES string of the molecule is CC/C=C\C/C=C\C/C=C\C/C=C\C(CCCCCCCC(=O)O)OC(=O)CCCCCCCCCCCCCC. The van der Waals surface area contributed by atoms with E-state index in [4.69, 9.17) is 9.84 Å². The molecule has 0 aliphatic rings. The molecule has 236 valence electrons. The zero-order valence-electron chi connectivity index (χ0n) is 26.8. The molecule has 0 aromatic carbocycles. The summed E-state index contributed by atoms with van der Waals surface area (Å²) in [6.07, 6.45) is 42.7. The number of carbonyl (C=O) groups is 2. The molecular weight excluding hydrogens is 508 g/mol. The average molecular weight is 573 g/mol. The van der Waals surface area contributed by atoms with Crippen LogP contribution < -0.4 is 0 Å². The Morgan fingerprint density at radius 2 is 1.00 bits per heavy atom. The zero-order chi connectivity index (χ0) is 30.1. The van der Waals surface area contributed by atoms with Gasteiger partial charge in [0.25, 0.3) is 0 Å². The van der Waals surface area contributed by atoms with E-state index in [0.717, 1.165) is 77.0 Å². The van der Waals surface area contributed by atoms with Crippen molar-refractivity contribution in [3.63, 3.8) is 0 Å². The van der Waals surface area contributed by atoms with Crippen molar-refractivity contribution in [3.05, 3.63) is 48.6 Å². The molecule has 0 fully saturated rings. The maximum Gasteiger partial charge on any atom is 0.306 e. The highest BCUT2D eigenvalue weighted by Gasteiger charge is 2.11. The first-order valence-electron chi connectivity index (χ1n) is 17.1. The molecule has 1 unspecified atom stereocenters. The molecule has 0 aromatic rings. The first-order chi connectivity index (χ1) is 20.1. The number of carbonyl (C=O) groups excluding carboxylic acids is 1. The van der Waals surface area contributed by atoms with Gasteiger partial charge >= 0.3 is 11.9 Å². The number of ether oxygens (including phenoxy) is 1. The van der Waals surface area contributed by atoms with Crippen LogP contribution in [0.1, 0.15) is 168 Å². The van der Waals surface area contributed by atoms with Gasteiger partial charge in [-0.2, -0.15) is 0 Å². The number of esters is 1. The van der Waals surface area contributed by atoms with Gasteiger partial charge in [-0.1, -0.05) is 146 Å². The minimum Gasteiger partial charge on any atom is -0.481 e. The van der Waals surface area contributed by atoms with Crippen LogP contribution in [0.3, 0.4) is 0 Å². The molecule has 0 saturated heterocycles. The molecule has 0 aromatic heterocycles. The van der Waals surface area contributed by atoms with E-state index in [1.807, 2.05) is 0 Å². The number of unbranched alkanes of at least 4 members (excludes halogenated alkanes) is 15. The van der Waals surface area contributed by atoms with Crippen LogP contribution in [0.5, 0.6) is 0 Å². The second-order valence-corrected chi connectivity index (χ2v) is 11.3. The Balaban J connectivity index is 4.24. The summed E-state index contributed by atoms with van der Waals surface area (Å²) in [6.45, 7) is 4.41. The van der Waals surface area contributed by atoms with Crippen LogP contribution in [0, 0.1) is 0 Å². The third kappa shape index (κ3) is 32.3. The van der Waals surface area contributed by atoms with Gasteiger partial charge in [-0.3, -0.25) is 9.59 Å². The molecule has 0 radical (unpaired) electrons. The van der Waals surface area contributed by atoms with Crippen molar-refractivity contribution in [1.29, 1.82) is 0 Å². The molecule has 0 amide bonds. The van der Waals surface area contributed by atoms with Gasteiger partial charge in [0.15, 0.2) is 0 Å². The van der Waals surface area contributed by atoms with Crippen molar-refractivity contribution in [1.82, 2.24) is 0 Å². The lowest BCUT2D eigenvalue weighted by atomic mass is 10.0. The van der Waals surface area contributed by atoms with Crippen LogP contribution in [-0.2, 0) is 14.3 Å². The molecule has 1 N–H and O–H groups in total. The fourth-order valence-corrected chi connectivity index (χ4v) is 4.80. The fourth-order valence-electron chi connectivity index (χ4n) is 4.80. The van der Waals surface area contributed by atoms with Crippen molar-refractivity contribution >= 4 is 11.9 Å².